The van der Waals surface area contributed by atoms with Crippen LogP contribution in [0.2, 0.25) is 0 Å². The van der Waals surface area contributed by atoms with Crippen LogP contribution in [0.5, 0.6) is 11.5 Å². The number of ether oxygens (including phenoxy) is 2. The van der Waals surface area contributed by atoms with Crippen LogP contribution in [0.3, 0.4) is 0 Å². The van der Waals surface area contributed by atoms with Crippen LogP contribution in [-0.4, -0.2) is 57.8 Å². The van der Waals surface area contributed by atoms with Gasteiger partial charge in [-0.25, -0.2) is 14.2 Å². The SMILES string of the molecule is C/C(NCC(C)(C)O)=C(\C(=O)Nc1ccc(Oc2ccnc3c2C2OCCCN2C(=O)N3)c(F)c1)C(=O)Pc1ccccc1. The molecular weight excluding hydrogens is 588 g/mol. The number of aromatic nitrogens is 1. The summed E-state index contributed by atoms with van der Waals surface area (Å²) in [5.41, 5.74) is -0.761. The summed E-state index contributed by atoms with van der Waals surface area (Å²) in [4.78, 5) is 45.0. The van der Waals surface area contributed by atoms with Crippen LogP contribution in [-0.2, 0) is 14.3 Å². The molecule has 1 fully saturated rings. The summed E-state index contributed by atoms with van der Waals surface area (Å²) >= 11 is 0. The Morgan fingerprint density at radius 3 is 2.70 bits per heavy atom. The molecule has 2 aliphatic heterocycles. The number of hydrogen-bond donors (Lipinski definition) is 4. The fourth-order valence-electron chi connectivity index (χ4n) is 4.71. The lowest BCUT2D eigenvalue weighted by Gasteiger charge is -2.39. The maximum Gasteiger partial charge on any atom is 0.325 e. The Kier molecular flexibility index (Phi) is 9.24. The minimum Gasteiger partial charge on any atom is -0.454 e. The lowest BCUT2D eigenvalue weighted by molar-refractivity contribution is -0.116. The largest absolute Gasteiger partial charge is 0.454 e. The quantitative estimate of drug-likeness (QED) is 0.113. The zero-order valence-corrected chi connectivity index (χ0v) is 25.4. The number of hydrogen-bond acceptors (Lipinski definition) is 8. The van der Waals surface area contributed by atoms with Crippen molar-refractivity contribution < 1.29 is 33.4 Å². The summed E-state index contributed by atoms with van der Waals surface area (Å²) in [5, 5.41) is 19.2. The summed E-state index contributed by atoms with van der Waals surface area (Å²) in [5.74, 6) is -1.09. The van der Waals surface area contributed by atoms with Crippen molar-refractivity contribution in [1.29, 1.82) is 0 Å². The number of amides is 3. The number of urea groups is 1. The lowest BCUT2D eigenvalue weighted by Crippen LogP contribution is -2.47. The number of anilines is 2. The molecule has 0 saturated carbocycles. The van der Waals surface area contributed by atoms with E-state index in [1.165, 1.54) is 23.2 Å². The fourth-order valence-corrected chi connectivity index (χ4v) is 5.76. The van der Waals surface area contributed by atoms with Crippen molar-refractivity contribution in [2.45, 2.75) is 39.0 Å². The molecule has 1 saturated heterocycles. The zero-order valence-electron chi connectivity index (χ0n) is 24.4. The number of aliphatic hydroxyl groups is 1. The molecule has 0 spiro atoms. The maximum atomic E-state index is 15.4. The van der Waals surface area contributed by atoms with Crippen molar-refractivity contribution in [3.63, 3.8) is 0 Å². The first-order chi connectivity index (χ1) is 21.0. The average Bonchev–Trinajstić information content (AvgIpc) is 2.98. The molecule has 1 aromatic heterocycles. The van der Waals surface area contributed by atoms with Crippen molar-refractivity contribution in [3.05, 3.63) is 83.4 Å². The van der Waals surface area contributed by atoms with E-state index in [0.29, 0.717) is 25.1 Å². The van der Waals surface area contributed by atoms with Crippen molar-refractivity contribution >= 4 is 42.9 Å². The minimum absolute atomic E-state index is 0.101. The molecule has 0 bridgehead atoms. The maximum absolute atomic E-state index is 15.4. The lowest BCUT2D eigenvalue weighted by atomic mass is 10.1. The molecule has 2 atom stereocenters. The number of nitrogens with one attached hydrogen (secondary N) is 3. The summed E-state index contributed by atoms with van der Waals surface area (Å²) in [7, 11) is -0.323. The van der Waals surface area contributed by atoms with Crippen molar-refractivity contribution in [2.75, 3.05) is 30.3 Å². The molecule has 2 aromatic carbocycles. The van der Waals surface area contributed by atoms with E-state index < -0.39 is 29.1 Å². The van der Waals surface area contributed by atoms with Crippen LogP contribution in [0.4, 0.5) is 20.7 Å². The average molecular weight is 622 g/mol. The van der Waals surface area contributed by atoms with E-state index >= 15 is 4.39 Å². The Hall–Kier alpha value is -4.38. The third-order valence-electron chi connectivity index (χ3n) is 6.84. The number of carbonyl (C=O) groups excluding carboxylic acids is 3. The van der Waals surface area contributed by atoms with Crippen LogP contribution in [0.1, 0.15) is 39.0 Å². The van der Waals surface area contributed by atoms with Gasteiger partial charge in [0.25, 0.3) is 5.91 Å². The fraction of sp³-hybridized carbons (Fsp3) is 0.290. The zero-order chi connectivity index (χ0) is 31.4. The monoisotopic (exact) mass is 621 g/mol. The molecule has 0 radical (unpaired) electrons. The second-order valence-electron chi connectivity index (χ2n) is 11.0. The van der Waals surface area contributed by atoms with E-state index in [9.17, 15) is 19.5 Å². The van der Waals surface area contributed by atoms with E-state index in [1.807, 2.05) is 6.07 Å². The molecule has 3 amide bonds. The van der Waals surface area contributed by atoms with Gasteiger partial charge >= 0.3 is 6.03 Å². The minimum atomic E-state index is -1.09. The van der Waals surface area contributed by atoms with Gasteiger partial charge in [0.15, 0.2) is 23.3 Å². The highest BCUT2D eigenvalue weighted by Crippen LogP contribution is 2.42. The highest BCUT2D eigenvalue weighted by molar-refractivity contribution is 7.66. The number of pyridine rings is 1. The second kappa shape index (κ2) is 13.1. The molecule has 0 aliphatic carbocycles. The number of rotatable bonds is 10. The molecule has 3 heterocycles. The standard InChI is InChI=1S/C31H33FN5O6P/c1-18(34-17-31(2,3)41)24(29(39)44-20-8-5-4-6-9-20)27(38)35-19-10-11-22(21(32)16-19)43-23-12-13-33-26-25(23)28-37(30(40)36-26)14-7-15-42-28/h4-6,8-13,16,28,34,41,44H,7,14-15,17H2,1-3H3,(H,35,38)(H,33,36,40)/b24-18-. The van der Waals surface area contributed by atoms with Gasteiger partial charge in [0, 0.05) is 36.7 Å². The number of nitrogens with zero attached hydrogens (tertiary/aromatic N) is 2. The summed E-state index contributed by atoms with van der Waals surface area (Å²) in [6.07, 6.45) is 1.40. The molecule has 13 heteroatoms. The van der Waals surface area contributed by atoms with Crippen molar-refractivity contribution in [3.8, 4) is 11.5 Å². The first-order valence-corrected chi connectivity index (χ1v) is 15.0. The van der Waals surface area contributed by atoms with Crippen LogP contribution >= 0.6 is 8.58 Å². The van der Waals surface area contributed by atoms with Gasteiger partial charge in [-0.2, -0.15) is 0 Å². The molecule has 11 nitrogen and oxygen atoms in total. The van der Waals surface area contributed by atoms with Gasteiger partial charge in [0.1, 0.15) is 17.1 Å². The first kappa shape index (κ1) is 31.1. The first-order valence-electron chi connectivity index (χ1n) is 14.0. The summed E-state index contributed by atoms with van der Waals surface area (Å²) < 4.78 is 27.1. The number of fused-ring (bicyclic) bond motifs is 3. The van der Waals surface area contributed by atoms with E-state index in [1.54, 1.807) is 51.1 Å². The molecule has 3 aromatic rings. The molecule has 44 heavy (non-hydrogen) atoms. The Morgan fingerprint density at radius 1 is 1.20 bits per heavy atom. The topological polar surface area (TPSA) is 142 Å². The second-order valence-corrected chi connectivity index (χ2v) is 12.2. The Bertz CT molecular complexity index is 1610. The smallest absolute Gasteiger partial charge is 0.325 e. The molecule has 230 valence electrons. The van der Waals surface area contributed by atoms with E-state index in [0.717, 1.165) is 11.4 Å². The van der Waals surface area contributed by atoms with Gasteiger partial charge in [-0.05, 0) is 59.3 Å². The van der Waals surface area contributed by atoms with Crippen LogP contribution in [0, 0.1) is 5.82 Å². The number of allylic oxidation sites excluding steroid dienone is 1. The van der Waals surface area contributed by atoms with Gasteiger partial charge in [-0.3, -0.25) is 19.8 Å². The highest BCUT2D eigenvalue weighted by Gasteiger charge is 2.38. The summed E-state index contributed by atoms with van der Waals surface area (Å²) in [6.45, 7) is 5.82. The Balaban J connectivity index is 1.36. The van der Waals surface area contributed by atoms with Gasteiger partial charge in [-0.15, -0.1) is 0 Å². The van der Waals surface area contributed by atoms with Crippen molar-refractivity contribution in [1.82, 2.24) is 15.2 Å². The highest BCUT2D eigenvalue weighted by atomic mass is 31.1. The number of carbonyl (C=O) groups is 3. The normalized spacial score (nSPS) is 16.9. The predicted octanol–water partition coefficient (Wildman–Crippen LogP) is 4.38. The molecule has 4 N–H and O–H groups in total. The molecule has 2 aliphatic rings. The third kappa shape index (κ3) is 7.21. The van der Waals surface area contributed by atoms with E-state index in [2.05, 4.69) is 20.9 Å². The predicted molar refractivity (Wildman–Crippen MR) is 165 cm³/mol. The Labute approximate surface area is 255 Å². The molecule has 5 rings (SSSR count). The van der Waals surface area contributed by atoms with E-state index in [4.69, 9.17) is 9.47 Å². The number of halogens is 1. The summed E-state index contributed by atoms with van der Waals surface area (Å²) in [6, 6.07) is 14.2. The third-order valence-corrected chi connectivity index (χ3v) is 7.94. The van der Waals surface area contributed by atoms with Gasteiger partial charge in [0.2, 0.25) is 0 Å². The van der Waals surface area contributed by atoms with Crippen molar-refractivity contribution in [2.24, 2.45) is 0 Å². The Morgan fingerprint density at radius 2 is 1.98 bits per heavy atom. The van der Waals surface area contributed by atoms with Gasteiger partial charge in [-0.1, -0.05) is 30.3 Å². The van der Waals surface area contributed by atoms with Crippen LogP contribution in [0.25, 0.3) is 0 Å². The molecular formula is C31H33FN5O6P. The van der Waals surface area contributed by atoms with Gasteiger partial charge < -0.3 is 25.2 Å². The van der Waals surface area contributed by atoms with E-state index in [-0.39, 0.29) is 55.4 Å². The number of benzene rings is 2. The van der Waals surface area contributed by atoms with Crippen LogP contribution < -0.4 is 26.0 Å². The van der Waals surface area contributed by atoms with Gasteiger partial charge in [0.05, 0.1) is 17.8 Å². The van der Waals surface area contributed by atoms with Crippen LogP contribution in [0.15, 0.2) is 72.1 Å². The molecule has 2 unspecified atom stereocenters.